The molecule has 1 N–H and O–H groups in total. The number of hydrogen-bond acceptors (Lipinski definition) is 4. The quantitative estimate of drug-likeness (QED) is 0.838. The Hall–Kier alpha value is -1.39. The Morgan fingerprint density at radius 2 is 2.19 bits per heavy atom. The first-order valence-corrected chi connectivity index (χ1v) is 8.45. The zero-order valence-corrected chi connectivity index (χ0v) is 14.2. The molecule has 0 aliphatic carbocycles. The zero-order valence-electron chi connectivity index (χ0n) is 13.4. The van der Waals surface area contributed by atoms with Crippen molar-refractivity contribution >= 4 is 17.2 Å². The molecule has 0 atom stereocenters. The van der Waals surface area contributed by atoms with Gasteiger partial charge in [0.25, 0.3) is 0 Å². The lowest BCUT2D eigenvalue weighted by Gasteiger charge is -2.29. The van der Waals surface area contributed by atoms with Gasteiger partial charge in [-0.1, -0.05) is 13.0 Å². The molecular formula is C17H25N3S. The zero-order chi connectivity index (χ0) is 15.2. The molecule has 2 heterocycles. The Morgan fingerprint density at radius 3 is 2.76 bits per heavy atom. The van der Waals surface area contributed by atoms with Gasteiger partial charge in [0, 0.05) is 23.7 Å². The maximum absolute atomic E-state index is 4.72. The fourth-order valence-electron chi connectivity index (χ4n) is 2.36. The first-order valence-electron chi connectivity index (χ1n) is 7.57. The maximum Gasteiger partial charge on any atom is 0.131 e. The third kappa shape index (κ3) is 4.29. The molecule has 4 heteroatoms. The second kappa shape index (κ2) is 7.57. The fourth-order valence-corrected chi connectivity index (χ4v) is 3.07. The summed E-state index contributed by atoms with van der Waals surface area (Å²) >= 11 is 1.80. The van der Waals surface area contributed by atoms with E-state index in [1.54, 1.807) is 11.3 Å². The minimum Gasteiger partial charge on any atom is -0.349 e. The number of hydrogen-bond donors (Lipinski definition) is 1. The van der Waals surface area contributed by atoms with Crippen LogP contribution in [0, 0.1) is 6.92 Å². The molecule has 0 bridgehead atoms. The lowest BCUT2D eigenvalue weighted by Crippen LogP contribution is -2.31. The second-order valence-electron chi connectivity index (χ2n) is 5.57. The standard InChI is InChI=1S/C17H25N3S/c1-5-18-10-15-9-14(4)17(19-11-15)20(13(2)3)12-16-7-6-8-21-16/h6-9,11,13,18H,5,10,12H2,1-4H3. The number of nitrogens with one attached hydrogen (secondary N) is 1. The summed E-state index contributed by atoms with van der Waals surface area (Å²) in [5, 5.41) is 5.48. The van der Waals surface area contributed by atoms with Crippen molar-refractivity contribution in [1.29, 1.82) is 0 Å². The van der Waals surface area contributed by atoms with Crippen molar-refractivity contribution in [1.82, 2.24) is 10.3 Å². The highest BCUT2D eigenvalue weighted by molar-refractivity contribution is 7.09. The van der Waals surface area contributed by atoms with Crippen molar-refractivity contribution in [2.75, 3.05) is 11.4 Å². The first-order chi connectivity index (χ1) is 10.1. The average Bonchev–Trinajstić information content (AvgIpc) is 2.96. The molecule has 0 unspecified atom stereocenters. The number of aromatic nitrogens is 1. The monoisotopic (exact) mass is 303 g/mol. The van der Waals surface area contributed by atoms with E-state index < -0.39 is 0 Å². The molecule has 0 saturated heterocycles. The van der Waals surface area contributed by atoms with Crippen molar-refractivity contribution in [2.45, 2.75) is 46.8 Å². The van der Waals surface area contributed by atoms with Gasteiger partial charge in [-0.3, -0.25) is 0 Å². The molecule has 0 amide bonds. The second-order valence-corrected chi connectivity index (χ2v) is 6.60. The Balaban J connectivity index is 2.20. The normalized spacial score (nSPS) is 11.1. The van der Waals surface area contributed by atoms with E-state index in [2.05, 4.69) is 61.5 Å². The van der Waals surface area contributed by atoms with Crippen LogP contribution in [0.4, 0.5) is 5.82 Å². The fraction of sp³-hybridized carbons (Fsp3) is 0.471. The molecule has 0 aliphatic rings. The Morgan fingerprint density at radius 1 is 1.38 bits per heavy atom. The molecule has 2 aromatic heterocycles. The smallest absolute Gasteiger partial charge is 0.131 e. The van der Waals surface area contributed by atoms with E-state index >= 15 is 0 Å². The van der Waals surface area contributed by atoms with Crippen LogP contribution in [-0.2, 0) is 13.1 Å². The van der Waals surface area contributed by atoms with Crippen LogP contribution in [-0.4, -0.2) is 17.6 Å². The number of pyridine rings is 1. The predicted octanol–water partition coefficient (Wildman–Crippen LogP) is 3.98. The average molecular weight is 303 g/mol. The van der Waals surface area contributed by atoms with E-state index in [0.29, 0.717) is 6.04 Å². The highest BCUT2D eigenvalue weighted by Crippen LogP contribution is 2.24. The third-order valence-electron chi connectivity index (χ3n) is 3.49. The number of anilines is 1. The highest BCUT2D eigenvalue weighted by Gasteiger charge is 2.15. The molecule has 0 spiro atoms. The summed E-state index contributed by atoms with van der Waals surface area (Å²) in [5.41, 5.74) is 2.49. The molecule has 2 rings (SSSR count). The van der Waals surface area contributed by atoms with Crippen molar-refractivity contribution in [3.63, 3.8) is 0 Å². The van der Waals surface area contributed by atoms with Gasteiger partial charge in [-0.2, -0.15) is 0 Å². The first kappa shape index (κ1) is 16.0. The van der Waals surface area contributed by atoms with Crippen molar-refractivity contribution in [3.8, 4) is 0 Å². The summed E-state index contributed by atoms with van der Waals surface area (Å²) in [5.74, 6) is 1.10. The van der Waals surface area contributed by atoms with Gasteiger partial charge in [-0.15, -0.1) is 11.3 Å². The molecule has 0 radical (unpaired) electrons. The van der Waals surface area contributed by atoms with Crippen LogP contribution in [0.1, 0.15) is 36.8 Å². The van der Waals surface area contributed by atoms with E-state index in [4.69, 9.17) is 4.98 Å². The summed E-state index contributed by atoms with van der Waals surface area (Å²) in [4.78, 5) is 8.47. The molecule has 0 saturated carbocycles. The van der Waals surface area contributed by atoms with Gasteiger partial charge in [0.2, 0.25) is 0 Å². The predicted molar refractivity (Wildman–Crippen MR) is 92.0 cm³/mol. The maximum atomic E-state index is 4.72. The third-order valence-corrected chi connectivity index (χ3v) is 4.35. The number of aryl methyl sites for hydroxylation is 1. The van der Waals surface area contributed by atoms with Gasteiger partial charge < -0.3 is 10.2 Å². The van der Waals surface area contributed by atoms with Crippen LogP contribution < -0.4 is 10.2 Å². The summed E-state index contributed by atoms with van der Waals surface area (Å²) in [6, 6.07) is 6.97. The largest absolute Gasteiger partial charge is 0.349 e. The number of rotatable bonds is 7. The SMILES string of the molecule is CCNCc1cnc(N(Cc2cccs2)C(C)C)c(C)c1. The lowest BCUT2D eigenvalue weighted by molar-refractivity contribution is 0.672. The summed E-state index contributed by atoms with van der Waals surface area (Å²) in [6.45, 7) is 11.5. The Bertz CT molecular complexity index is 549. The van der Waals surface area contributed by atoms with E-state index in [0.717, 1.165) is 25.5 Å². The number of nitrogens with zero attached hydrogens (tertiary/aromatic N) is 2. The van der Waals surface area contributed by atoms with E-state index in [1.165, 1.54) is 16.0 Å². The molecule has 3 nitrogen and oxygen atoms in total. The Labute approximate surface area is 132 Å². The van der Waals surface area contributed by atoms with E-state index in [-0.39, 0.29) is 0 Å². The van der Waals surface area contributed by atoms with Gasteiger partial charge in [-0.25, -0.2) is 4.98 Å². The van der Waals surface area contributed by atoms with Crippen molar-refractivity contribution < 1.29 is 0 Å². The van der Waals surface area contributed by atoms with Gasteiger partial charge in [0.15, 0.2) is 0 Å². The van der Waals surface area contributed by atoms with Crippen molar-refractivity contribution in [3.05, 3.63) is 45.8 Å². The van der Waals surface area contributed by atoms with E-state index in [1.807, 2.05) is 6.20 Å². The molecule has 0 fully saturated rings. The molecule has 2 aromatic rings. The topological polar surface area (TPSA) is 28.2 Å². The minimum atomic E-state index is 0.429. The van der Waals surface area contributed by atoms with Crippen LogP contribution >= 0.6 is 11.3 Å². The van der Waals surface area contributed by atoms with E-state index in [9.17, 15) is 0 Å². The van der Waals surface area contributed by atoms with Gasteiger partial charge in [0.05, 0.1) is 6.54 Å². The Kier molecular flexibility index (Phi) is 5.76. The van der Waals surface area contributed by atoms with Gasteiger partial charge >= 0.3 is 0 Å². The van der Waals surface area contributed by atoms with Gasteiger partial charge in [-0.05, 0) is 56.0 Å². The molecule has 0 aromatic carbocycles. The summed E-state index contributed by atoms with van der Waals surface area (Å²) in [7, 11) is 0. The highest BCUT2D eigenvalue weighted by atomic mass is 32.1. The van der Waals surface area contributed by atoms with Crippen molar-refractivity contribution in [2.24, 2.45) is 0 Å². The van der Waals surface area contributed by atoms with Crippen LogP contribution in [0.5, 0.6) is 0 Å². The molecule has 114 valence electrons. The summed E-state index contributed by atoms with van der Waals surface area (Å²) in [6.07, 6.45) is 1.99. The van der Waals surface area contributed by atoms with Crippen LogP contribution in [0.2, 0.25) is 0 Å². The molecular weight excluding hydrogens is 278 g/mol. The van der Waals surface area contributed by atoms with Gasteiger partial charge in [0.1, 0.15) is 5.82 Å². The van der Waals surface area contributed by atoms with Crippen LogP contribution in [0.15, 0.2) is 29.8 Å². The van der Waals surface area contributed by atoms with Crippen LogP contribution in [0.3, 0.4) is 0 Å². The minimum absolute atomic E-state index is 0.429. The molecule has 0 aliphatic heterocycles. The number of thiophene rings is 1. The lowest BCUT2D eigenvalue weighted by atomic mass is 10.1. The summed E-state index contributed by atoms with van der Waals surface area (Å²) < 4.78 is 0. The molecule has 21 heavy (non-hydrogen) atoms. The van der Waals surface area contributed by atoms with Crippen LogP contribution in [0.25, 0.3) is 0 Å².